The first-order chi connectivity index (χ1) is 13.7. The first kappa shape index (κ1) is 24.5. The minimum atomic E-state index is 0. The van der Waals surface area contributed by atoms with Crippen molar-refractivity contribution in [2.75, 3.05) is 46.2 Å². The molecule has 1 aromatic carbocycles. The number of nitrogens with zero attached hydrogens (tertiary/aromatic N) is 2. The third-order valence-electron chi connectivity index (χ3n) is 4.93. The zero-order valence-corrected chi connectivity index (χ0v) is 21.3. The van der Waals surface area contributed by atoms with Gasteiger partial charge in [0.05, 0.1) is 19.3 Å². The molecule has 1 unspecified atom stereocenters. The zero-order chi connectivity index (χ0) is 19.8. The molecule has 1 fully saturated rings. The highest BCUT2D eigenvalue weighted by Crippen LogP contribution is 2.25. The number of aliphatic imine (C=N–C) groups is 1. The van der Waals surface area contributed by atoms with Gasteiger partial charge in [-0.1, -0.05) is 18.2 Å². The van der Waals surface area contributed by atoms with E-state index in [0.717, 1.165) is 45.4 Å². The normalized spacial score (nSPS) is 16.2. The maximum atomic E-state index is 5.54. The molecule has 5 nitrogen and oxygen atoms in total. The monoisotopic (exact) mass is 546 g/mol. The molecular formula is C21H31IN4OS2. The van der Waals surface area contributed by atoms with Crippen LogP contribution in [0.5, 0.6) is 0 Å². The van der Waals surface area contributed by atoms with Crippen LogP contribution in [0.3, 0.4) is 0 Å². The molecule has 8 heteroatoms. The van der Waals surface area contributed by atoms with Crippen molar-refractivity contribution in [1.29, 1.82) is 0 Å². The van der Waals surface area contributed by atoms with Crippen LogP contribution >= 0.6 is 47.1 Å². The molecule has 1 atom stereocenters. The van der Waals surface area contributed by atoms with E-state index in [1.807, 2.05) is 18.4 Å². The molecule has 0 saturated carbocycles. The van der Waals surface area contributed by atoms with Crippen LogP contribution in [0.1, 0.15) is 22.0 Å². The number of hydrogen-bond donors (Lipinski definition) is 2. The Morgan fingerprint density at radius 3 is 2.72 bits per heavy atom. The number of guanidine groups is 1. The molecule has 1 aliphatic rings. The molecule has 0 spiro atoms. The summed E-state index contributed by atoms with van der Waals surface area (Å²) in [5.74, 6) is 0.836. The van der Waals surface area contributed by atoms with Gasteiger partial charge < -0.3 is 15.4 Å². The zero-order valence-electron chi connectivity index (χ0n) is 17.3. The van der Waals surface area contributed by atoms with Crippen LogP contribution in [-0.2, 0) is 11.3 Å². The van der Waals surface area contributed by atoms with Crippen LogP contribution in [0.15, 0.2) is 45.6 Å². The van der Waals surface area contributed by atoms with Crippen molar-refractivity contribution in [3.8, 4) is 0 Å². The minimum absolute atomic E-state index is 0. The largest absolute Gasteiger partial charge is 0.379 e. The number of rotatable bonds is 7. The number of halogens is 1. The Kier molecular flexibility index (Phi) is 10.8. The summed E-state index contributed by atoms with van der Waals surface area (Å²) in [4.78, 5) is 9.62. The molecule has 1 aliphatic heterocycles. The minimum Gasteiger partial charge on any atom is -0.379 e. The lowest BCUT2D eigenvalue weighted by atomic mass is 10.1. The summed E-state index contributed by atoms with van der Waals surface area (Å²) in [7, 11) is 1.83. The summed E-state index contributed by atoms with van der Waals surface area (Å²) < 4.78 is 5.54. The van der Waals surface area contributed by atoms with Gasteiger partial charge in [-0.15, -0.1) is 47.1 Å². The predicted octanol–water partition coefficient (Wildman–Crippen LogP) is 4.13. The van der Waals surface area contributed by atoms with Crippen molar-refractivity contribution in [1.82, 2.24) is 15.5 Å². The van der Waals surface area contributed by atoms with Crippen LogP contribution in [0.4, 0.5) is 0 Å². The second kappa shape index (κ2) is 12.8. The topological polar surface area (TPSA) is 48.9 Å². The highest BCUT2D eigenvalue weighted by Gasteiger charge is 2.23. The summed E-state index contributed by atoms with van der Waals surface area (Å²) in [5, 5.41) is 9.15. The fraction of sp³-hybridized carbons (Fsp3) is 0.476. The van der Waals surface area contributed by atoms with Gasteiger partial charge >= 0.3 is 0 Å². The van der Waals surface area contributed by atoms with E-state index >= 15 is 0 Å². The van der Waals surface area contributed by atoms with Gasteiger partial charge in [0, 0.05) is 43.0 Å². The molecule has 2 heterocycles. The van der Waals surface area contributed by atoms with Crippen molar-refractivity contribution in [2.45, 2.75) is 24.4 Å². The second-order valence-corrected chi connectivity index (χ2v) is 8.63. The quantitative estimate of drug-likeness (QED) is 0.237. The molecule has 160 valence electrons. The van der Waals surface area contributed by atoms with E-state index in [2.05, 4.69) is 69.4 Å². The summed E-state index contributed by atoms with van der Waals surface area (Å²) >= 11 is 3.60. The van der Waals surface area contributed by atoms with Gasteiger partial charge in [0.25, 0.3) is 0 Å². The van der Waals surface area contributed by atoms with Crippen molar-refractivity contribution < 1.29 is 4.74 Å². The third-order valence-corrected chi connectivity index (χ3v) is 6.73. The van der Waals surface area contributed by atoms with Gasteiger partial charge in [-0.25, -0.2) is 0 Å². The van der Waals surface area contributed by atoms with Crippen LogP contribution < -0.4 is 10.6 Å². The maximum absolute atomic E-state index is 5.54. The van der Waals surface area contributed by atoms with Crippen molar-refractivity contribution >= 4 is 53.0 Å². The molecule has 29 heavy (non-hydrogen) atoms. The Labute approximate surface area is 199 Å². The molecule has 3 rings (SSSR count). The van der Waals surface area contributed by atoms with Crippen molar-refractivity contribution in [2.24, 2.45) is 4.99 Å². The number of thiophene rings is 1. The fourth-order valence-corrected chi connectivity index (χ4v) is 4.94. The summed E-state index contributed by atoms with van der Waals surface area (Å²) in [5.41, 5.74) is 2.59. The lowest BCUT2D eigenvalue weighted by Crippen LogP contribution is -2.46. The van der Waals surface area contributed by atoms with E-state index in [1.54, 1.807) is 11.8 Å². The summed E-state index contributed by atoms with van der Waals surface area (Å²) in [6, 6.07) is 11.3. The van der Waals surface area contributed by atoms with Crippen LogP contribution in [0.25, 0.3) is 0 Å². The molecule has 0 amide bonds. The third kappa shape index (κ3) is 7.13. The van der Waals surface area contributed by atoms with Crippen molar-refractivity contribution in [3.63, 3.8) is 0 Å². The Bertz CT molecular complexity index is 764. The lowest BCUT2D eigenvalue weighted by molar-refractivity contribution is 0.0177. The number of aryl methyl sites for hydroxylation is 1. The summed E-state index contributed by atoms with van der Waals surface area (Å²) in [6.45, 7) is 7.27. The SMILES string of the molecule is CN=C(NCc1ccc(C)cc1SC)NCC(c1cccs1)N1CCOCC1.I. The number of morpholine rings is 1. The number of nitrogens with one attached hydrogen (secondary N) is 2. The number of thioether (sulfide) groups is 1. The maximum Gasteiger partial charge on any atom is 0.191 e. The fourth-order valence-electron chi connectivity index (χ4n) is 3.37. The van der Waals surface area contributed by atoms with Crippen LogP contribution in [0, 0.1) is 6.92 Å². The van der Waals surface area contributed by atoms with E-state index in [9.17, 15) is 0 Å². The van der Waals surface area contributed by atoms with Crippen LogP contribution in [0.2, 0.25) is 0 Å². The Morgan fingerprint density at radius 1 is 1.28 bits per heavy atom. The van der Waals surface area contributed by atoms with Crippen molar-refractivity contribution in [3.05, 3.63) is 51.7 Å². The highest BCUT2D eigenvalue weighted by atomic mass is 127. The lowest BCUT2D eigenvalue weighted by Gasteiger charge is -2.34. The Morgan fingerprint density at radius 2 is 2.07 bits per heavy atom. The van der Waals surface area contributed by atoms with Gasteiger partial charge in [-0.2, -0.15) is 0 Å². The summed E-state index contributed by atoms with van der Waals surface area (Å²) in [6.07, 6.45) is 2.12. The number of benzene rings is 1. The van der Waals surface area contributed by atoms with E-state index in [4.69, 9.17) is 4.74 Å². The van der Waals surface area contributed by atoms with Gasteiger partial charge in [0.2, 0.25) is 0 Å². The predicted molar refractivity (Wildman–Crippen MR) is 136 cm³/mol. The molecule has 0 bridgehead atoms. The standard InChI is InChI=1S/C21H30N4OS2.HI/c1-16-6-7-17(20(13-16)27-3)14-23-21(22-2)24-15-18(19-5-4-12-28-19)25-8-10-26-11-9-25;/h4-7,12-13,18H,8-11,14-15H2,1-3H3,(H2,22,23,24);1H. The molecule has 1 aromatic heterocycles. The molecule has 0 radical (unpaired) electrons. The Balaban J connectivity index is 0.00000300. The first-order valence-electron chi connectivity index (χ1n) is 9.64. The average Bonchev–Trinajstić information content (AvgIpc) is 3.26. The average molecular weight is 547 g/mol. The van der Waals surface area contributed by atoms with E-state index in [1.165, 1.54) is 20.9 Å². The molecule has 2 N–H and O–H groups in total. The first-order valence-corrected chi connectivity index (χ1v) is 11.7. The van der Waals surface area contributed by atoms with E-state index in [-0.39, 0.29) is 24.0 Å². The van der Waals surface area contributed by atoms with E-state index in [0.29, 0.717) is 6.04 Å². The highest BCUT2D eigenvalue weighted by molar-refractivity contribution is 14.0. The van der Waals surface area contributed by atoms with Gasteiger partial charge in [0.1, 0.15) is 0 Å². The Hall–Kier alpha value is -0.810. The van der Waals surface area contributed by atoms with E-state index < -0.39 is 0 Å². The van der Waals surface area contributed by atoms with Gasteiger partial charge in [-0.05, 0) is 41.8 Å². The smallest absolute Gasteiger partial charge is 0.191 e. The van der Waals surface area contributed by atoms with Gasteiger partial charge in [-0.3, -0.25) is 9.89 Å². The van der Waals surface area contributed by atoms with Gasteiger partial charge in [0.15, 0.2) is 5.96 Å². The molecule has 2 aromatic rings. The van der Waals surface area contributed by atoms with Crippen LogP contribution in [-0.4, -0.2) is 57.0 Å². The number of ether oxygens (including phenoxy) is 1. The second-order valence-electron chi connectivity index (χ2n) is 6.80. The molecular weight excluding hydrogens is 515 g/mol. The molecule has 0 aliphatic carbocycles. The number of hydrogen-bond acceptors (Lipinski definition) is 5. The molecule has 1 saturated heterocycles.